The van der Waals surface area contributed by atoms with Gasteiger partial charge in [-0.15, -0.1) is 0 Å². The number of benzene rings is 1. The van der Waals surface area contributed by atoms with Crippen LogP contribution in [0.15, 0.2) is 49.7 Å². The van der Waals surface area contributed by atoms with Crippen LogP contribution in [-0.4, -0.2) is 17.4 Å². The van der Waals surface area contributed by atoms with Gasteiger partial charge < -0.3 is 4.90 Å². The maximum Gasteiger partial charge on any atom is 0.226 e. The third-order valence-electron chi connectivity index (χ3n) is 2.60. The van der Waals surface area contributed by atoms with Gasteiger partial charge in [-0.3, -0.25) is 4.79 Å². The van der Waals surface area contributed by atoms with E-state index >= 15 is 0 Å². The molecule has 1 aliphatic heterocycles. The van der Waals surface area contributed by atoms with Crippen molar-refractivity contribution in [2.75, 3.05) is 6.54 Å². The average molecular weight is 229 g/mol. The Kier molecular flexibility index (Phi) is 5.21. The minimum Gasteiger partial charge on any atom is -0.320 e. The molecule has 0 spiro atoms. The Labute approximate surface area is 103 Å². The molecule has 1 aliphatic rings. The third kappa shape index (κ3) is 4.27. The van der Waals surface area contributed by atoms with E-state index < -0.39 is 0 Å². The van der Waals surface area contributed by atoms with Gasteiger partial charge in [-0.1, -0.05) is 49.1 Å². The van der Waals surface area contributed by atoms with Gasteiger partial charge >= 0.3 is 0 Å². The number of hydrogen-bond donors (Lipinski definition) is 0. The SMILES string of the molecule is C=C(C)c1ccccc1.C=CN1CCCC1=O. The number of allylic oxidation sites excluding steroid dienone is 1. The van der Waals surface area contributed by atoms with Crippen LogP contribution in [0.4, 0.5) is 0 Å². The van der Waals surface area contributed by atoms with Crippen molar-refractivity contribution in [3.63, 3.8) is 0 Å². The van der Waals surface area contributed by atoms with Crippen molar-refractivity contribution in [1.82, 2.24) is 4.90 Å². The van der Waals surface area contributed by atoms with E-state index in [1.807, 2.05) is 25.1 Å². The van der Waals surface area contributed by atoms with Gasteiger partial charge in [-0.25, -0.2) is 0 Å². The monoisotopic (exact) mass is 229 g/mol. The lowest BCUT2D eigenvalue weighted by Crippen LogP contribution is -2.16. The van der Waals surface area contributed by atoms with Crippen LogP contribution >= 0.6 is 0 Å². The molecule has 2 nitrogen and oxygen atoms in total. The van der Waals surface area contributed by atoms with Crippen molar-refractivity contribution in [2.45, 2.75) is 19.8 Å². The molecule has 1 saturated heterocycles. The molecule has 0 unspecified atom stereocenters. The third-order valence-corrected chi connectivity index (χ3v) is 2.60. The van der Waals surface area contributed by atoms with Crippen LogP contribution in [0.25, 0.3) is 5.57 Å². The summed E-state index contributed by atoms with van der Waals surface area (Å²) in [6.45, 7) is 10.2. The molecule has 17 heavy (non-hydrogen) atoms. The first-order valence-electron chi connectivity index (χ1n) is 5.78. The normalized spacial score (nSPS) is 13.9. The summed E-state index contributed by atoms with van der Waals surface area (Å²) in [6.07, 6.45) is 3.28. The smallest absolute Gasteiger partial charge is 0.226 e. The maximum absolute atomic E-state index is 10.7. The highest BCUT2D eigenvalue weighted by Crippen LogP contribution is 2.09. The fourth-order valence-corrected chi connectivity index (χ4v) is 1.58. The molecule has 0 N–H and O–H groups in total. The van der Waals surface area contributed by atoms with Crippen LogP contribution in [-0.2, 0) is 4.79 Å². The van der Waals surface area contributed by atoms with E-state index in [9.17, 15) is 4.79 Å². The molecular weight excluding hydrogens is 210 g/mol. The van der Waals surface area contributed by atoms with Gasteiger partial charge in [0.25, 0.3) is 0 Å². The van der Waals surface area contributed by atoms with Gasteiger partial charge in [0.2, 0.25) is 5.91 Å². The fourth-order valence-electron chi connectivity index (χ4n) is 1.58. The molecule has 1 fully saturated rings. The van der Waals surface area contributed by atoms with Gasteiger partial charge in [-0.2, -0.15) is 0 Å². The van der Waals surface area contributed by atoms with Crippen LogP contribution in [0, 0.1) is 0 Å². The van der Waals surface area contributed by atoms with Gasteiger partial charge in [0.1, 0.15) is 0 Å². The predicted octanol–water partition coefficient (Wildman–Crippen LogP) is 3.47. The molecule has 0 radical (unpaired) electrons. The Hall–Kier alpha value is -1.83. The topological polar surface area (TPSA) is 20.3 Å². The standard InChI is InChI=1S/C9H10.C6H9NO/c1-8(2)9-6-4-3-5-7-9;1-2-7-5-3-4-6(7)8/h3-7H,1H2,2H3;2H,1,3-5H2. The van der Waals surface area contributed by atoms with Crippen LogP contribution in [0.5, 0.6) is 0 Å². The molecule has 0 atom stereocenters. The zero-order valence-electron chi connectivity index (χ0n) is 10.4. The number of carbonyl (C=O) groups is 1. The number of amides is 1. The molecule has 0 bridgehead atoms. The average Bonchev–Trinajstić information content (AvgIpc) is 2.76. The number of likely N-dealkylation sites (tertiary alicyclic amines) is 1. The Morgan fingerprint density at radius 2 is 2.00 bits per heavy atom. The lowest BCUT2D eigenvalue weighted by Gasteiger charge is -2.05. The molecule has 0 aliphatic carbocycles. The van der Waals surface area contributed by atoms with Crippen molar-refractivity contribution >= 4 is 11.5 Å². The Balaban J connectivity index is 0.000000171. The number of rotatable bonds is 2. The highest BCUT2D eigenvalue weighted by molar-refractivity contribution is 5.78. The molecule has 90 valence electrons. The van der Waals surface area contributed by atoms with E-state index in [2.05, 4.69) is 25.3 Å². The number of carbonyl (C=O) groups excluding carboxylic acids is 1. The van der Waals surface area contributed by atoms with Crippen molar-refractivity contribution in [3.8, 4) is 0 Å². The summed E-state index contributed by atoms with van der Waals surface area (Å²) in [6, 6.07) is 10.2. The molecule has 1 aromatic carbocycles. The fraction of sp³-hybridized carbons (Fsp3) is 0.267. The zero-order chi connectivity index (χ0) is 12.7. The molecule has 0 aromatic heterocycles. The Morgan fingerprint density at radius 1 is 1.35 bits per heavy atom. The van der Waals surface area contributed by atoms with E-state index in [4.69, 9.17) is 0 Å². The summed E-state index contributed by atoms with van der Waals surface area (Å²) in [5, 5.41) is 0. The molecule has 0 saturated carbocycles. The minimum absolute atomic E-state index is 0.208. The van der Waals surface area contributed by atoms with E-state index in [0.29, 0.717) is 6.42 Å². The molecular formula is C15H19NO. The van der Waals surface area contributed by atoms with Crippen molar-refractivity contribution in [2.24, 2.45) is 0 Å². The van der Waals surface area contributed by atoms with Crippen molar-refractivity contribution in [1.29, 1.82) is 0 Å². The van der Waals surface area contributed by atoms with Crippen LogP contribution in [0.1, 0.15) is 25.3 Å². The first-order valence-corrected chi connectivity index (χ1v) is 5.78. The van der Waals surface area contributed by atoms with Crippen molar-refractivity contribution < 1.29 is 4.79 Å². The molecule has 1 amide bonds. The second-order valence-corrected chi connectivity index (χ2v) is 4.02. The largest absolute Gasteiger partial charge is 0.320 e. The van der Waals surface area contributed by atoms with E-state index in [1.54, 1.807) is 11.1 Å². The summed E-state index contributed by atoms with van der Waals surface area (Å²) < 4.78 is 0. The summed E-state index contributed by atoms with van der Waals surface area (Å²) in [4.78, 5) is 12.3. The van der Waals surface area contributed by atoms with E-state index in [1.165, 1.54) is 5.56 Å². The Bertz CT molecular complexity index is 395. The maximum atomic E-state index is 10.7. The zero-order valence-corrected chi connectivity index (χ0v) is 10.4. The second-order valence-electron chi connectivity index (χ2n) is 4.02. The summed E-state index contributed by atoms with van der Waals surface area (Å²) >= 11 is 0. The highest BCUT2D eigenvalue weighted by Gasteiger charge is 2.15. The van der Waals surface area contributed by atoms with Gasteiger partial charge in [0.05, 0.1) is 0 Å². The van der Waals surface area contributed by atoms with Gasteiger partial charge in [-0.05, 0) is 25.1 Å². The van der Waals surface area contributed by atoms with Gasteiger partial charge in [0.15, 0.2) is 0 Å². The highest BCUT2D eigenvalue weighted by atomic mass is 16.2. The lowest BCUT2D eigenvalue weighted by atomic mass is 10.1. The quantitative estimate of drug-likeness (QED) is 0.760. The van der Waals surface area contributed by atoms with Crippen molar-refractivity contribution in [3.05, 3.63) is 55.3 Å². The lowest BCUT2D eigenvalue weighted by molar-refractivity contribution is -0.125. The first-order chi connectivity index (χ1) is 8.15. The van der Waals surface area contributed by atoms with Crippen LogP contribution in [0.2, 0.25) is 0 Å². The summed E-state index contributed by atoms with van der Waals surface area (Å²) in [5.74, 6) is 0.208. The molecule has 2 rings (SSSR count). The van der Waals surface area contributed by atoms with Crippen LogP contribution in [0.3, 0.4) is 0 Å². The molecule has 1 aromatic rings. The Morgan fingerprint density at radius 3 is 2.29 bits per heavy atom. The minimum atomic E-state index is 0.208. The second kappa shape index (κ2) is 6.69. The summed E-state index contributed by atoms with van der Waals surface area (Å²) in [5.41, 5.74) is 2.34. The van der Waals surface area contributed by atoms with E-state index in [0.717, 1.165) is 18.5 Å². The first kappa shape index (κ1) is 13.2. The predicted molar refractivity (Wildman–Crippen MR) is 72.3 cm³/mol. The summed E-state index contributed by atoms with van der Waals surface area (Å²) in [7, 11) is 0. The molecule has 2 heteroatoms. The van der Waals surface area contributed by atoms with Crippen LogP contribution < -0.4 is 0 Å². The van der Waals surface area contributed by atoms with Gasteiger partial charge in [0, 0.05) is 13.0 Å². The number of nitrogens with zero attached hydrogens (tertiary/aromatic N) is 1. The molecule has 1 heterocycles. The van der Waals surface area contributed by atoms with E-state index in [-0.39, 0.29) is 5.91 Å². The number of hydrogen-bond acceptors (Lipinski definition) is 1.